The van der Waals surface area contributed by atoms with Crippen LogP contribution in [0.3, 0.4) is 0 Å². The lowest BCUT2D eigenvalue weighted by atomic mass is 10.1. The van der Waals surface area contributed by atoms with Crippen molar-refractivity contribution in [2.75, 3.05) is 11.9 Å². The molecule has 2 heterocycles. The number of nitrogens with two attached hydrogens (primary N) is 1. The average Bonchev–Trinajstić information content (AvgIpc) is 3.20. The largest absolute Gasteiger partial charge is 0.445 e. The molecule has 0 saturated carbocycles. The first kappa shape index (κ1) is 14.7. The summed E-state index contributed by atoms with van der Waals surface area (Å²) in [6.07, 6.45) is 4.20. The van der Waals surface area contributed by atoms with Crippen LogP contribution in [-0.2, 0) is 9.53 Å². The van der Waals surface area contributed by atoms with Crippen molar-refractivity contribution in [1.29, 1.82) is 0 Å². The van der Waals surface area contributed by atoms with Crippen molar-refractivity contribution >= 4 is 11.6 Å². The van der Waals surface area contributed by atoms with Crippen molar-refractivity contribution < 1.29 is 13.9 Å². The summed E-state index contributed by atoms with van der Waals surface area (Å²) in [6.45, 7) is 2.42. The number of aromatic nitrogens is 1. The number of benzene rings is 1. The number of amides is 1. The fourth-order valence-electron chi connectivity index (χ4n) is 2.58. The highest BCUT2D eigenvalue weighted by Crippen LogP contribution is 2.26. The van der Waals surface area contributed by atoms with Gasteiger partial charge in [-0.25, -0.2) is 4.98 Å². The van der Waals surface area contributed by atoms with Gasteiger partial charge in [-0.15, -0.1) is 0 Å². The number of oxazole rings is 1. The maximum Gasteiger partial charge on any atom is 0.253 e. The van der Waals surface area contributed by atoms with E-state index in [4.69, 9.17) is 14.9 Å². The summed E-state index contributed by atoms with van der Waals surface area (Å²) < 4.78 is 10.9. The van der Waals surface area contributed by atoms with Gasteiger partial charge in [-0.2, -0.15) is 0 Å². The smallest absolute Gasteiger partial charge is 0.253 e. The number of nitrogens with one attached hydrogen (secondary N) is 1. The summed E-state index contributed by atoms with van der Waals surface area (Å²) in [5.74, 6) is 0.395. The van der Waals surface area contributed by atoms with Gasteiger partial charge >= 0.3 is 0 Å². The van der Waals surface area contributed by atoms with Gasteiger partial charge < -0.3 is 20.2 Å². The zero-order chi connectivity index (χ0) is 15.5. The van der Waals surface area contributed by atoms with Crippen LogP contribution < -0.4 is 11.1 Å². The number of hydrogen-bond donors (Lipinski definition) is 2. The second-order valence-corrected chi connectivity index (χ2v) is 5.42. The Kier molecular flexibility index (Phi) is 4.22. The van der Waals surface area contributed by atoms with Gasteiger partial charge in [0.05, 0.1) is 12.3 Å². The lowest BCUT2D eigenvalue weighted by molar-refractivity contribution is -0.126. The minimum Gasteiger partial charge on any atom is -0.445 e. The Balaban J connectivity index is 1.73. The van der Waals surface area contributed by atoms with E-state index in [0.29, 0.717) is 24.5 Å². The molecule has 1 aliphatic heterocycles. The van der Waals surface area contributed by atoms with E-state index >= 15 is 0 Å². The minimum absolute atomic E-state index is 0.0170. The highest BCUT2D eigenvalue weighted by atomic mass is 16.5. The molecule has 2 aromatic rings. The topological polar surface area (TPSA) is 90.4 Å². The van der Waals surface area contributed by atoms with E-state index in [2.05, 4.69) is 10.3 Å². The second kappa shape index (κ2) is 6.29. The monoisotopic (exact) mass is 301 g/mol. The number of aryl methyl sites for hydroxylation is 1. The molecule has 3 N–H and O–H groups in total. The van der Waals surface area contributed by atoms with Crippen LogP contribution in [0.4, 0.5) is 5.69 Å². The Morgan fingerprint density at radius 1 is 1.45 bits per heavy atom. The summed E-state index contributed by atoms with van der Waals surface area (Å²) in [5.41, 5.74) is 8.15. The Morgan fingerprint density at radius 3 is 3.00 bits per heavy atom. The third-order valence-electron chi connectivity index (χ3n) is 3.83. The maximum atomic E-state index is 12.2. The Labute approximate surface area is 128 Å². The van der Waals surface area contributed by atoms with Crippen molar-refractivity contribution in [3.63, 3.8) is 0 Å². The van der Waals surface area contributed by atoms with Gasteiger partial charge in [-0.1, -0.05) is 6.07 Å². The van der Waals surface area contributed by atoms with Crippen molar-refractivity contribution in [2.45, 2.75) is 32.0 Å². The van der Waals surface area contributed by atoms with E-state index in [9.17, 15) is 4.79 Å². The minimum atomic E-state index is -0.431. The van der Waals surface area contributed by atoms with E-state index in [1.54, 1.807) is 6.20 Å². The number of ether oxygens (including phenoxy) is 1. The third kappa shape index (κ3) is 3.03. The number of anilines is 1. The fraction of sp³-hybridized carbons (Fsp3) is 0.375. The molecule has 3 rings (SSSR count). The highest BCUT2D eigenvalue weighted by Gasteiger charge is 2.29. The van der Waals surface area contributed by atoms with Crippen molar-refractivity contribution in [3.05, 3.63) is 36.2 Å². The SMILES string of the molecule is Cc1ccc(NC(=O)[C@@H]2CC[C@H](CN)O2)cc1-c1ncco1. The van der Waals surface area contributed by atoms with Crippen molar-refractivity contribution in [1.82, 2.24) is 4.98 Å². The van der Waals surface area contributed by atoms with Crippen LogP contribution in [-0.4, -0.2) is 29.6 Å². The van der Waals surface area contributed by atoms with Gasteiger partial charge in [-0.05, 0) is 37.5 Å². The molecule has 6 nitrogen and oxygen atoms in total. The van der Waals surface area contributed by atoms with Gasteiger partial charge in [0.2, 0.25) is 5.89 Å². The van der Waals surface area contributed by atoms with Crippen LogP contribution >= 0.6 is 0 Å². The van der Waals surface area contributed by atoms with Crippen LogP contribution in [0.1, 0.15) is 18.4 Å². The lowest BCUT2D eigenvalue weighted by Crippen LogP contribution is -2.29. The number of rotatable bonds is 4. The van der Waals surface area contributed by atoms with Crippen LogP contribution in [0.5, 0.6) is 0 Å². The first-order chi connectivity index (χ1) is 10.7. The first-order valence-corrected chi connectivity index (χ1v) is 7.34. The van der Waals surface area contributed by atoms with Crippen LogP contribution in [0.2, 0.25) is 0 Å². The molecule has 2 atom stereocenters. The zero-order valence-corrected chi connectivity index (χ0v) is 12.4. The van der Waals surface area contributed by atoms with E-state index in [1.807, 2.05) is 25.1 Å². The summed E-state index contributed by atoms with van der Waals surface area (Å²) in [5, 5.41) is 2.88. The number of carbonyl (C=O) groups is 1. The molecule has 1 amide bonds. The molecule has 0 bridgehead atoms. The summed E-state index contributed by atoms with van der Waals surface area (Å²) in [6, 6.07) is 5.64. The van der Waals surface area contributed by atoms with Crippen LogP contribution in [0.25, 0.3) is 11.5 Å². The maximum absolute atomic E-state index is 12.2. The summed E-state index contributed by atoms with van der Waals surface area (Å²) >= 11 is 0. The Bertz CT molecular complexity index is 655. The van der Waals surface area contributed by atoms with Gasteiger partial charge in [0, 0.05) is 17.8 Å². The fourth-order valence-corrected chi connectivity index (χ4v) is 2.58. The molecule has 1 aromatic heterocycles. The van der Waals surface area contributed by atoms with E-state index < -0.39 is 6.10 Å². The summed E-state index contributed by atoms with van der Waals surface area (Å²) in [7, 11) is 0. The average molecular weight is 301 g/mol. The first-order valence-electron chi connectivity index (χ1n) is 7.34. The molecule has 0 spiro atoms. The molecule has 1 saturated heterocycles. The normalized spacial score (nSPS) is 21.0. The summed E-state index contributed by atoms with van der Waals surface area (Å²) in [4.78, 5) is 16.4. The Morgan fingerprint density at radius 2 is 2.32 bits per heavy atom. The van der Waals surface area contributed by atoms with Gasteiger partial charge in [0.25, 0.3) is 5.91 Å². The predicted octanol–water partition coefficient (Wildman–Crippen LogP) is 2.09. The van der Waals surface area contributed by atoms with Gasteiger partial charge in [0.15, 0.2) is 0 Å². The zero-order valence-electron chi connectivity index (χ0n) is 12.4. The molecule has 1 aliphatic rings. The number of carbonyl (C=O) groups excluding carboxylic acids is 1. The quantitative estimate of drug-likeness (QED) is 0.902. The third-order valence-corrected chi connectivity index (χ3v) is 3.83. The standard InChI is InChI=1S/C16H19N3O3/c1-10-2-3-11(8-13(10)16-18-6-7-21-16)19-15(20)14-5-4-12(9-17)22-14/h2-3,6-8,12,14H,4-5,9,17H2,1H3,(H,19,20)/t12-,14+/m1/s1. The molecular formula is C16H19N3O3. The van der Waals surface area contributed by atoms with E-state index in [0.717, 1.165) is 17.5 Å². The van der Waals surface area contributed by atoms with E-state index in [1.165, 1.54) is 6.26 Å². The second-order valence-electron chi connectivity index (χ2n) is 5.42. The molecule has 0 unspecified atom stereocenters. The molecule has 116 valence electrons. The molecule has 6 heteroatoms. The molecule has 0 radical (unpaired) electrons. The number of nitrogens with zero attached hydrogens (tertiary/aromatic N) is 1. The molecule has 0 aliphatic carbocycles. The molecule has 1 fully saturated rings. The van der Waals surface area contributed by atoms with Gasteiger partial charge in [0.1, 0.15) is 12.4 Å². The molecule has 1 aromatic carbocycles. The molecule has 22 heavy (non-hydrogen) atoms. The Hall–Kier alpha value is -2.18. The lowest BCUT2D eigenvalue weighted by Gasteiger charge is -2.13. The van der Waals surface area contributed by atoms with Crippen molar-refractivity contribution in [2.24, 2.45) is 5.73 Å². The predicted molar refractivity (Wildman–Crippen MR) is 82.3 cm³/mol. The van der Waals surface area contributed by atoms with Gasteiger partial charge in [-0.3, -0.25) is 4.79 Å². The highest BCUT2D eigenvalue weighted by molar-refractivity contribution is 5.95. The van der Waals surface area contributed by atoms with Crippen molar-refractivity contribution in [3.8, 4) is 11.5 Å². The molecular weight excluding hydrogens is 282 g/mol. The van der Waals surface area contributed by atoms with E-state index in [-0.39, 0.29) is 12.0 Å². The van der Waals surface area contributed by atoms with Crippen LogP contribution in [0.15, 0.2) is 35.1 Å². The number of hydrogen-bond acceptors (Lipinski definition) is 5. The van der Waals surface area contributed by atoms with Crippen LogP contribution in [0, 0.1) is 6.92 Å².